The van der Waals surface area contributed by atoms with Gasteiger partial charge >= 0.3 is 0 Å². The highest BCUT2D eigenvalue weighted by molar-refractivity contribution is 5.27. The summed E-state index contributed by atoms with van der Waals surface area (Å²) < 4.78 is 0. The molecule has 0 aliphatic heterocycles. The first-order chi connectivity index (χ1) is 11.2. The van der Waals surface area contributed by atoms with E-state index in [1.807, 2.05) is 6.92 Å². The van der Waals surface area contributed by atoms with Gasteiger partial charge in [0.05, 0.1) is 11.2 Å². The zero-order valence-electron chi connectivity index (χ0n) is 16.1. The molecule has 4 rings (SSSR count). The largest absolute Gasteiger partial charge is 0.390 e. The zero-order valence-corrected chi connectivity index (χ0v) is 16.1. The molecular weight excluding hydrogens is 296 g/mol. The average Bonchev–Trinajstić information content (AvgIpc) is 2.80. The lowest BCUT2D eigenvalue weighted by Crippen LogP contribution is -2.55. The Kier molecular flexibility index (Phi) is 3.63. The van der Waals surface area contributed by atoms with E-state index in [0.29, 0.717) is 11.3 Å². The molecule has 0 saturated heterocycles. The van der Waals surface area contributed by atoms with Gasteiger partial charge in [-0.3, -0.25) is 0 Å². The molecule has 2 nitrogen and oxygen atoms in total. The van der Waals surface area contributed by atoms with Gasteiger partial charge in [-0.2, -0.15) is 0 Å². The predicted molar refractivity (Wildman–Crippen MR) is 97.6 cm³/mol. The standard InChI is InChI=1S/C22H36O2/c1-5-22(24)11-9-18-16-7-6-15-14-19(2,23)12-13-20(15,3)17(16)8-10-21(18,22)4/h6,16-18,23-24H,5,7-14H2,1-4H3/t16-,17+,18+,19+,20+,21+,22?/m1/s1. The first-order valence-corrected chi connectivity index (χ1v) is 10.3. The summed E-state index contributed by atoms with van der Waals surface area (Å²) in [5, 5.41) is 21.8. The van der Waals surface area contributed by atoms with Crippen LogP contribution < -0.4 is 0 Å². The molecule has 0 aromatic heterocycles. The van der Waals surface area contributed by atoms with Gasteiger partial charge in [-0.05, 0) is 93.3 Å². The molecular formula is C22H36O2. The molecule has 0 aromatic rings. The fourth-order valence-electron chi connectivity index (χ4n) is 7.50. The molecule has 3 saturated carbocycles. The molecule has 0 aromatic carbocycles. The minimum atomic E-state index is -0.503. The van der Waals surface area contributed by atoms with E-state index in [0.717, 1.165) is 43.9 Å². The fourth-order valence-corrected chi connectivity index (χ4v) is 7.50. The van der Waals surface area contributed by atoms with E-state index in [-0.39, 0.29) is 5.41 Å². The van der Waals surface area contributed by atoms with Crippen LogP contribution in [0.1, 0.15) is 85.5 Å². The van der Waals surface area contributed by atoms with Crippen LogP contribution in [0.5, 0.6) is 0 Å². The van der Waals surface area contributed by atoms with E-state index in [1.165, 1.54) is 31.3 Å². The Morgan fingerprint density at radius 1 is 1.00 bits per heavy atom. The van der Waals surface area contributed by atoms with Crippen molar-refractivity contribution in [2.45, 2.75) is 96.7 Å². The molecule has 0 heterocycles. The summed E-state index contributed by atoms with van der Waals surface area (Å²) in [6, 6.07) is 0. The molecule has 7 atom stereocenters. The van der Waals surface area contributed by atoms with E-state index < -0.39 is 11.2 Å². The van der Waals surface area contributed by atoms with Crippen LogP contribution >= 0.6 is 0 Å². The quantitative estimate of drug-likeness (QED) is 0.674. The maximum Gasteiger partial charge on any atom is 0.0701 e. The Balaban J connectivity index is 1.67. The predicted octanol–water partition coefficient (Wildman–Crippen LogP) is 4.84. The first kappa shape index (κ1) is 17.1. The minimum Gasteiger partial charge on any atom is -0.390 e. The summed E-state index contributed by atoms with van der Waals surface area (Å²) in [6.07, 6.45) is 12.1. The summed E-state index contributed by atoms with van der Waals surface area (Å²) >= 11 is 0. The van der Waals surface area contributed by atoms with Gasteiger partial charge in [-0.15, -0.1) is 0 Å². The fraction of sp³-hybridized carbons (Fsp3) is 0.909. The maximum absolute atomic E-state index is 11.3. The van der Waals surface area contributed by atoms with Gasteiger partial charge in [0.2, 0.25) is 0 Å². The van der Waals surface area contributed by atoms with Crippen LogP contribution in [0.2, 0.25) is 0 Å². The Hall–Kier alpha value is -0.340. The highest BCUT2D eigenvalue weighted by Crippen LogP contribution is 2.67. The second-order valence-corrected chi connectivity index (χ2v) is 10.3. The molecule has 4 aliphatic carbocycles. The second kappa shape index (κ2) is 5.10. The van der Waals surface area contributed by atoms with Gasteiger partial charge in [-0.25, -0.2) is 0 Å². The first-order valence-electron chi connectivity index (χ1n) is 10.3. The SMILES string of the molecule is CCC1(O)CC[C@H]2[C@@H]3CC=C4C[C@@](C)(O)CC[C@]4(C)[C@H]3CC[C@@]21C. The third-order valence-corrected chi connectivity index (χ3v) is 9.29. The molecule has 136 valence electrons. The van der Waals surface area contributed by atoms with Gasteiger partial charge in [0.15, 0.2) is 0 Å². The maximum atomic E-state index is 11.3. The average molecular weight is 333 g/mol. The van der Waals surface area contributed by atoms with E-state index in [2.05, 4.69) is 26.8 Å². The van der Waals surface area contributed by atoms with E-state index in [4.69, 9.17) is 0 Å². The lowest BCUT2D eigenvalue weighted by molar-refractivity contribution is -0.128. The molecule has 2 N–H and O–H groups in total. The van der Waals surface area contributed by atoms with Gasteiger partial charge in [0.1, 0.15) is 0 Å². The third kappa shape index (κ3) is 2.08. The number of fused-ring (bicyclic) bond motifs is 5. The van der Waals surface area contributed by atoms with E-state index >= 15 is 0 Å². The normalized spacial score (nSPS) is 56.9. The van der Waals surface area contributed by atoms with Crippen molar-refractivity contribution < 1.29 is 10.2 Å². The molecule has 2 heteroatoms. The van der Waals surface area contributed by atoms with Crippen molar-refractivity contribution in [3.63, 3.8) is 0 Å². The molecule has 0 spiro atoms. The van der Waals surface area contributed by atoms with Gasteiger partial charge < -0.3 is 10.2 Å². The van der Waals surface area contributed by atoms with Crippen LogP contribution in [0.3, 0.4) is 0 Å². The molecule has 0 amide bonds. The number of hydrogen-bond acceptors (Lipinski definition) is 2. The molecule has 3 fully saturated rings. The van der Waals surface area contributed by atoms with Crippen molar-refractivity contribution in [1.29, 1.82) is 0 Å². The number of hydrogen-bond donors (Lipinski definition) is 2. The van der Waals surface area contributed by atoms with Crippen LogP contribution in [-0.4, -0.2) is 21.4 Å². The smallest absolute Gasteiger partial charge is 0.0701 e. The molecule has 0 bridgehead atoms. The lowest BCUT2D eigenvalue weighted by Gasteiger charge is -2.59. The zero-order chi connectivity index (χ0) is 17.4. The Bertz CT molecular complexity index is 564. The number of allylic oxidation sites excluding steroid dienone is 1. The van der Waals surface area contributed by atoms with Crippen LogP contribution in [0.15, 0.2) is 11.6 Å². The summed E-state index contributed by atoms with van der Waals surface area (Å²) in [5.41, 5.74) is 0.998. The monoisotopic (exact) mass is 332 g/mol. The topological polar surface area (TPSA) is 40.5 Å². The molecule has 4 aliphatic rings. The van der Waals surface area contributed by atoms with Crippen LogP contribution in [0.4, 0.5) is 0 Å². The van der Waals surface area contributed by atoms with E-state index in [1.54, 1.807) is 0 Å². The lowest BCUT2D eigenvalue weighted by atomic mass is 9.46. The minimum absolute atomic E-state index is 0.116. The van der Waals surface area contributed by atoms with Gasteiger partial charge in [-0.1, -0.05) is 32.4 Å². The van der Waals surface area contributed by atoms with Crippen LogP contribution in [0, 0.1) is 28.6 Å². The summed E-state index contributed by atoms with van der Waals surface area (Å²) in [7, 11) is 0. The number of rotatable bonds is 1. The van der Waals surface area contributed by atoms with Crippen LogP contribution in [0.25, 0.3) is 0 Å². The van der Waals surface area contributed by atoms with Crippen molar-refractivity contribution in [2.24, 2.45) is 28.6 Å². The van der Waals surface area contributed by atoms with Crippen molar-refractivity contribution in [3.05, 3.63) is 11.6 Å². The van der Waals surface area contributed by atoms with Crippen molar-refractivity contribution >= 4 is 0 Å². The third-order valence-electron chi connectivity index (χ3n) is 9.29. The van der Waals surface area contributed by atoms with Crippen molar-refractivity contribution in [2.75, 3.05) is 0 Å². The van der Waals surface area contributed by atoms with Gasteiger partial charge in [0.25, 0.3) is 0 Å². The summed E-state index contributed by atoms with van der Waals surface area (Å²) in [5.74, 6) is 2.17. The summed E-state index contributed by atoms with van der Waals surface area (Å²) in [6.45, 7) is 9.05. The highest BCUT2D eigenvalue weighted by Gasteiger charge is 2.63. The second-order valence-electron chi connectivity index (χ2n) is 10.3. The van der Waals surface area contributed by atoms with Crippen molar-refractivity contribution in [3.8, 4) is 0 Å². The van der Waals surface area contributed by atoms with Crippen LogP contribution in [-0.2, 0) is 0 Å². The van der Waals surface area contributed by atoms with Crippen molar-refractivity contribution in [1.82, 2.24) is 0 Å². The molecule has 1 unspecified atom stereocenters. The molecule has 0 radical (unpaired) electrons. The Morgan fingerprint density at radius 2 is 1.71 bits per heavy atom. The Morgan fingerprint density at radius 3 is 2.42 bits per heavy atom. The van der Waals surface area contributed by atoms with E-state index in [9.17, 15) is 10.2 Å². The highest BCUT2D eigenvalue weighted by atomic mass is 16.3. The Labute approximate surface area is 147 Å². The summed E-state index contributed by atoms with van der Waals surface area (Å²) in [4.78, 5) is 0. The number of aliphatic hydroxyl groups is 2. The molecule has 24 heavy (non-hydrogen) atoms. The van der Waals surface area contributed by atoms with Gasteiger partial charge in [0, 0.05) is 0 Å².